The first-order valence-corrected chi connectivity index (χ1v) is 34.8. The molecule has 11 heteroatoms. The summed E-state index contributed by atoms with van der Waals surface area (Å²) in [5, 5.41) is 57.1. The van der Waals surface area contributed by atoms with Crippen LogP contribution in [0.2, 0.25) is 0 Å². The van der Waals surface area contributed by atoms with E-state index in [4.69, 9.17) is 14.2 Å². The van der Waals surface area contributed by atoms with E-state index in [9.17, 15) is 35.1 Å². The largest absolute Gasteiger partial charge is 0.454 e. The van der Waals surface area contributed by atoms with E-state index in [1.165, 1.54) is 231 Å². The number of unbranched alkanes of at least 4 members (excludes halogenated alkanes) is 42. The number of carbonyl (C=O) groups is 2. The normalized spacial score (nSPS) is 18.8. The smallest absolute Gasteiger partial charge is 0.306 e. The molecule has 0 aromatic rings. The van der Waals surface area contributed by atoms with E-state index < -0.39 is 67.4 Å². The lowest BCUT2D eigenvalue weighted by atomic mass is 9.99. The third kappa shape index (κ3) is 45.9. The topological polar surface area (TPSA) is 175 Å². The van der Waals surface area contributed by atoms with Crippen molar-refractivity contribution in [2.45, 2.75) is 384 Å². The molecule has 0 aliphatic carbocycles. The van der Waals surface area contributed by atoms with Crippen molar-refractivity contribution in [3.8, 4) is 0 Å². The van der Waals surface area contributed by atoms with Crippen LogP contribution in [-0.2, 0) is 23.8 Å². The number of aliphatic hydroxyl groups excluding tert-OH is 5. The van der Waals surface area contributed by atoms with Gasteiger partial charge >= 0.3 is 5.97 Å². The first kappa shape index (κ1) is 76.9. The highest BCUT2D eigenvalue weighted by atomic mass is 16.7. The molecule has 1 saturated heterocycles. The SMILES string of the molecule is CCCCCCCC/C=C/CCCCCCCCCCCCCCC(O)C(=O)NC(COC1OC(CO)C(O)C(O)C1OC(=O)CCCCCCCCCCC/C=C/CCCCCCCC)C(O)/C=C/CCCCCCCCCCC. The molecule has 1 aliphatic rings. The minimum atomic E-state index is -1.61. The van der Waals surface area contributed by atoms with Crippen LogP contribution < -0.4 is 5.32 Å². The second-order valence-corrected chi connectivity index (χ2v) is 24.3. The van der Waals surface area contributed by atoms with Crippen molar-refractivity contribution in [1.29, 1.82) is 0 Å². The quantitative estimate of drug-likeness (QED) is 0.0195. The zero-order chi connectivity index (χ0) is 58.9. The van der Waals surface area contributed by atoms with Crippen LogP contribution in [-0.4, -0.2) is 99.6 Å². The van der Waals surface area contributed by atoms with Gasteiger partial charge in [-0.15, -0.1) is 0 Å². The van der Waals surface area contributed by atoms with E-state index in [0.717, 1.165) is 57.8 Å². The van der Waals surface area contributed by atoms with Crippen molar-refractivity contribution in [3.05, 3.63) is 36.5 Å². The van der Waals surface area contributed by atoms with Crippen LogP contribution in [0.25, 0.3) is 0 Å². The summed E-state index contributed by atoms with van der Waals surface area (Å²) in [5.41, 5.74) is 0. The number of aliphatic hydroxyl groups is 5. The molecule has 0 saturated carbocycles. The second kappa shape index (κ2) is 58.3. The Bertz CT molecular complexity index is 1460. The summed E-state index contributed by atoms with van der Waals surface area (Å²) < 4.78 is 17.7. The second-order valence-electron chi connectivity index (χ2n) is 24.3. The first-order chi connectivity index (χ1) is 39.7. The fourth-order valence-electron chi connectivity index (χ4n) is 11.0. The van der Waals surface area contributed by atoms with Crippen LogP contribution in [0.3, 0.4) is 0 Å². The highest BCUT2D eigenvalue weighted by Crippen LogP contribution is 2.26. The Morgan fingerprint density at radius 1 is 0.469 bits per heavy atom. The minimum Gasteiger partial charge on any atom is -0.454 e. The fourth-order valence-corrected chi connectivity index (χ4v) is 11.0. The zero-order valence-electron chi connectivity index (χ0n) is 52.9. The van der Waals surface area contributed by atoms with Crippen molar-refractivity contribution in [1.82, 2.24) is 5.32 Å². The monoisotopic (exact) mass is 1150 g/mol. The number of amides is 1. The number of hydrogen-bond acceptors (Lipinski definition) is 10. The van der Waals surface area contributed by atoms with Gasteiger partial charge in [0.2, 0.25) is 5.91 Å². The van der Waals surface area contributed by atoms with Gasteiger partial charge in [-0.3, -0.25) is 9.59 Å². The molecule has 0 spiro atoms. The van der Waals surface area contributed by atoms with Crippen LogP contribution in [0.1, 0.15) is 335 Å². The summed E-state index contributed by atoms with van der Waals surface area (Å²) in [7, 11) is 0. The zero-order valence-corrected chi connectivity index (χ0v) is 52.9. The molecule has 1 aliphatic heterocycles. The van der Waals surface area contributed by atoms with Gasteiger partial charge in [0.25, 0.3) is 0 Å². The lowest BCUT2D eigenvalue weighted by molar-refractivity contribution is -0.305. The minimum absolute atomic E-state index is 0.124. The number of esters is 1. The third-order valence-corrected chi connectivity index (χ3v) is 16.5. The van der Waals surface area contributed by atoms with Crippen LogP contribution in [0.5, 0.6) is 0 Å². The van der Waals surface area contributed by atoms with E-state index in [-0.39, 0.29) is 13.0 Å². The van der Waals surface area contributed by atoms with E-state index in [1.54, 1.807) is 6.08 Å². The van der Waals surface area contributed by atoms with Crippen molar-refractivity contribution >= 4 is 11.9 Å². The number of nitrogens with one attached hydrogen (secondary N) is 1. The van der Waals surface area contributed by atoms with Crippen LogP contribution >= 0.6 is 0 Å². The molecule has 476 valence electrons. The third-order valence-electron chi connectivity index (χ3n) is 16.5. The highest BCUT2D eigenvalue weighted by Gasteiger charge is 2.47. The van der Waals surface area contributed by atoms with Gasteiger partial charge in [0.05, 0.1) is 25.4 Å². The molecule has 8 atom stereocenters. The molecular weight excluding hydrogens is 1010 g/mol. The molecule has 0 radical (unpaired) electrons. The summed E-state index contributed by atoms with van der Waals surface area (Å²) in [6.07, 6.45) is 60.4. The predicted molar refractivity (Wildman–Crippen MR) is 338 cm³/mol. The maximum Gasteiger partial charge on any atom is 0.306 e. The summed E-state index contributed by atoms with van der Waals surface area (Å²) in [6, 6.07) is -1.02. The Balaban J connectivity index is 2.57. The molecule has 81 heavy (non-hydrogen) atoms. The van der Waals surface area contributed by atoms with Gasteiger partial charge in [0, 0.05) is 6.42 Å². The van der Waals surface area contributed by atoms with Crippen molar-refractivity contribution in [2.24, 2.45) is 0 Å². The van der Waals surface area contributed by atoms with E-state index in [2.05, 4.69) is 50.4 Å². The Kier molecular flexibility index (Phi) is 55.3. The van der Waals surface area contributed by atoms with Gasteiger partial charge in [0.1, 0.15) is 24.4 Å². The first-order valence-electron chi connectivity index (χ1n) is 34.8. The molecule has 0 bridgehead atoms. The Hall–Kier alpha value is -2.12. The molecule has 11 nitrogen and oxygen atoms in total. The molecule has 8 unspecified atom stereocenters. The Morgan fingerprint density at radius 2 is 0.815 bits per heavy atom. The number of allylic oxidation sites excluding steroid dienone is 5. The average molecular weight is 1150 g/mol. The molecule has 0 aromatic heterocycles. The average Bonchev–Trinajstić information content (AvgIpc) is 3.52. The van der Waals surface area contributed by atoms with Crippen LogP contribution in [0, 0.1) is 0 Å². The summed E-state index contributed by atoms with van der Waals surface area (Å²) in [6.45, 7) is 5.82. The van der Waals surface area contributed by atoms with Crippen LogP contribution in [0.15, 0.2) is 36.5 Å². The van der Waals surface area contributed by atoms with Gasteiger partial charge in [-0.05, 0) is 77.0 Å². The summed E-state index contributed by atoms with van der Waals surface area (Å²) in [5.74, 6) is -1.18. The molecule has 0 aromatic carbocycles. The molecule has 1 fully saturated rings. The standard InChI is InChI=1S/C70H131NO10/c1-4-7-10-13-16-19-22-24-26-28-30-31-32-34-35-37-39-42-45-48-51-54-57-63(74)69(78)71-61(62(73)56-53-50-47-44-41-21-18-15-12-9-6-3)60-79-70-68(67(77)66(76)64(59-72)80-70)81-65(75)58-55-52-49-46-43-40-38-36-33-29-27-25-23-20-17-14-11-8-5-2/h24-27,53,56,61-64,66-68,70,72-74,76-77H,4-23,28-52,54-55,57-60H2,1-3H3,(H,71,78)/b26-24+,27-25+,56-53+. The Labute approximate surface area is 498 Å². The Morgan fingerprint density at radius 3 is 1.20 bits per heavy atom. The highest BCUT2D eigenvalue weighted by molar-refractivity contribution is 5.80. The number of hydrogen-bond donors (Lipinski definition) is 6. The molecule has 1 rings (SSSR count). The maximum atomic E-state index is 13.5. The molecule has 1 amide bonds. The molecular formula is C70H131NO10. The van der Waals surface area contributed by atoms with Gasteiger partial charge in [-0.2, -0.15) is 0 Å². The summed E-state index contributed by atoms with van der Waals surface area (Å²) >= 11 is 0. The number of rotatable bonds is 60. The lowest BCUT2D eigenvalue weighted by Crippen LogP contribution is -2.61. The predicted octanol–water partition coefficient (Wildman–Crippen LogP) is 17.4. The summed E-state index contributed by atoms with van der Waals surface area (Å²) in [4.78, 5) is 26.6. The number of ether oxygens (including phenoxy) is 3. The van der Waals surface area contributed by atoms with Crippen molar-refractivity contribution in [3.63, 3.8) is 0 Å². The molecule has 6 N–H and O–H groups in total. The van der Waals surface area contributed by atoms with E-state index in [1.807, 2.05) is 6.08 Å². The lowest BCUT2D eigenvalue weighted by Gasteiger charge is -2.41. The fraction of sp³-hybridized carbons (Fsp3) is 0.886. The van der Waals surface area contributed by atoms with Gasteiger partial charge < -0.3 is 45.1 Å². The van der Waals surface area contributed by atoms with Gasteiger partial charge in [-0.1, -0.05) is 288 Å². The van der Waals surface area contributed by atoms with Gasteiger partial charge in [0.15, 0.2) is 12.4 Å². The van der Waals surface area contributed by atoms with Crippen molar-refractivity contribution in [2.75, 3.05) is 13.2 Å². The van der Waals surface area contributed by atoms with Crippen LogP contribution in [0.4, 0.5) is 0 Å². The molecule has 1 heterocycles. The number of carbonyl (C=O) groups excluding carboxylic acids is 2. The van der Waals surface area contributed by atoms with E-state index >= 15 is 0 Å². The van der Waals surface area contributed by atoms with E-state index in [0.29, 0.717) is 19.3 Å². The van der Waals surface area contributed by atoms with Gasteiger partial charge in [-0.25, -0.2) is 0 Å². The van der Waals surface area contributed by atoms with Crippen molar-refractivity contribution < 1.29 is 49.3 Å². The maximum absolute atomic E-state index is 13.5.